The molecule has 0 radical (unpaired) electrons. The molecule has 2 heterocycles. The highest BCUT2D eigenvalue weighted by molar-refractivity contribution is 5.50. The zero-order chi connectivity index (χ0) is 12.3. The van der Waals surface area contributed by atoms with Gasteiger partial charge >= 0.3 is 0 Å². The van der Waals surface area contributed by atoms with Crippen LogP contribution in [0.3, 0.4) is 0 Å². The monoisotopic (exact) mass is 234 g/mol. The van der Waals surface area contributed by atoms with E-state index in [1.54, 1.807) is 25.4 Å². The highest BCUT2D eigenvalue weighted by atomic mass is 16.5. The lowest BCUT2D eigenvalue weighted by Crippen LogP contribution is -2.01. The molecule has 0 saturated heterocycles. The van der Waals surface area contributed by atoms with Gasteiger partial charge in [0, 0.05) is 7.11 Å². The van der Waals surface area contributed by atoms with E-state index in [1.165, 1.54) is 0 Å². The summed E-state index contributed by atoms with van der Waals surface area (Å²) in [7, 11) is 1.62. The first-order valence-electron chi connectivity index (χ1n) is 5.33. The number of ether oxygens (including phenoxy) is 1. The smallest absolute Gasteiger partial charge is 0.276 e. The molecule has 0 amide bonds. The maximum Gasteiger partial charge on any atom is 0.276 e. The molecule has 0 saturated carbocycles. The molecule has 0 aromatic carbocycles. The molecule has 6 nitrogen and oxygen atoms in total. The summed E-state index contributed by atoms with van der Waals surface area (Å²) in [6.45, 7) is 1.99. The van der Waals surface area contributed by atoms with Crippen LogP contribution in [0.1, 0.15) is 25.3 Å². The Labute approximate surface area is 98.8 Å². The molecule has 0 bridgehead atoms. The number of nitrogen functional groups attached to an aromatic ring is 1. The van der Waals surface area contributed by atoms with Crippen molar-refractivity contribution in [3.8, 4) is 11.6 Å². The Bertz CT molecular complexity index is 476. The highest BCUT2D eigenvalue weighted by Gasteiger charge is 2.17. The Kier molecular flexibility index (Phi) is 3.34. The predicted molar refractivity (Wildman–Crippen MR) is 62.0 cm³/mol. The topological polar surface area (TPSA) is 87.1 Å². The van der Waals surface area contributed by atoms with E-state index in [9.17, 15) is 0 Å². The fraction of sp³-hybridized carbons (Fsp3) is 0.364. The molecule has 0 spiro atoms. The second-order valence-corrected chi connectivity index (χ2v) is 3.57. The number of rotatable bonds is 4. The Morgan fingerprint density at radius 2 is 2.29 bits per heavy atom. The number of hydrogen-bond donors (Lipinski definition) is 1. The molecule has 0 aliphatic carbocycles. The molecule has 0 aliphatic rings. The van der Waals surface area contributed by atoms with Crippen LogP contribution in [0.5, 0.6) is 0 Å². The van der Waals surface area contributed by atoms with Gasteiger partial charge in [-0.1, -0.05) is 12.1 Å². The molecule has 0 aliphatic heterocycles. The summed E-state index contributed by atoms with van der Waals surface area (Å²) in [6.07, 6.45) is 2.18. The zero-order valence-electron chi connectivity index (χ0n) is 9.75. The minimum absolute atomic E-state index is 0.152. The Morgan fingerprint density at radius 1 is 1.47 bits per heavy atom. The van der Waals surface area contributed by atoms with Gasteiger partial charge in [0.25, 0.3) is 5.89 Å². The van der Waals surface area contributed by atoms with Gasteiger partial charge in [0.1, 0.15) is 11.8 Å². The first-order valence-corrected chi connectivity index (χ1v) is 5.33. The van der Waals surface area contributed by atoms with Gasteiger partial charge in [0.2, 0.25) is 5.82 Å². The van der Waals surface area contributed by atoms with Crippen molar-refractivity contribution < 1.29 is 9.26 Å². The van der Waals surface area contributed by atoms with Crippen LogP contribution >= 0.6 is 0 Å². The van der Waals surface area contributed by atoms with Gasteiger partial charge in [-0.2, -0.15) is 4.98 Å². The molecule has 2 aromatic rings. The van der Waals surface area contributed by atoms with E-state index in [2.05, 4.69) is 15.1 Å². The van der Waals surface area contributed by atoms with Crippen LogP contribution in [0, 0.1) is 0 Å². The highest BCUT2D eigenvalue weighted by Crippen LogP contribution is 2.21. The number of anilines is 1. The fourth-order valence-corrected chi connectivity index (χ4v) is 1.46. The lowest BCUT2D eigenvalue weighted by atomic mass is 10.2. The summed E-state index contributed by atoms with van der Waals surface area (Å²) < 4.78 is 10.4. The standard InChI is InChI=1S/C11H14N4O2/c1-3-9(16-2)10-14-11(17-15-10)8-5-4-7(12)6-13-8/h4-6,9H,3,12H2,1-2H3. The second-order valence-electron chi connectivity index (χ2n) is 3.57. The van der Waals surface area contributed by atoms with Gasteiger partial charge in [0.15, 0.2) is 0 Å². The summed E-state index contributed by atoms with van der Waals surface area (Å²) in [5.41, 5.74) is 6.75. The molecule has 2 aromatic heterocycles. The summed E-state index contributed by atoms with van der Waals surface area (Å²) in [4.78, 5) is 8.36. The summed E-state index contributed by atoms with van der Waals surface area (Å²) in [5, 5.41) is 3.87. The number of pyridine rings is 1. The van der Waals surface area contributed by atoms with Gasteiger partial charge in [-0.15, -0.1) is 0 Å². The van der Waals surface area contributed by atoms with Gasteiger partial charge in [-0.05, 0) is 18.6 Å². The van der Waals surface area contributed by atoms with Gasteiger partial charge in [-0.3, -0.25) is 0 Å². The van der Waals surface area contributed by atoms with Crippen molar-refractivity contribution in [3.05, 3.63) is 24.2 Å². The molecule has 2 N–H and O–H groups in total. The van der Waals surface area contributed by atoms with Crippen LogP contribution < -0.4 is 5.73 Å². The Balaban J connectivity index is 2.26. The molecular weight excluding hydrogens is 220 g/mol. The fourth-order valence-electron chi connectivity index (χ4n) is 1.46. The van der Waals surface area contributed by atoms with E-state index < -0.39 is 0 Å². The third-order valence-corrected chi connectivity index (χ3v) is 2.39. The molecule has 0 fully saturated rings. The van der Waals surface area contributed by atoms with Crippen LogP contribution in [0.4, 0.5) is 5.69 Å². The number of nitrogens with two attached hydrogens (primary N) is 1. The normalized spacial score (nSPS) is 12.6. The summed E-state index contributed by atoms with van der Waals surface area (Å²) in [5.74, 6) is 0.902. The number of nitrogens with zero attached hydrogens (tertiary/aromatic N) is 3. The largest absolute Gasteiger partial charge is 0.397 e. The predicted octanol–water partition coefficient (Wildman–Crippen LogP) is 1.81. The lowest BCUT2D eigenvalue weighted by Gasteiger charge is -2.05. The van der Waals surface area contributed by atoms with Crippen molar-refractivity contribution in [1.82, 2.24) is 15.1 Å². The van der Waals surface area contributed by atoms with Gasteiger partial charge < -0.3 is 15.0 Å². The summed E-state index contributed by atoms with van der Waals surface area (Å²) in [6, 6.07) is 3.47. The van der Waals surface area contributed by atoms with Crippen LogP contribution in [-0.4, -0.2) is 22.2 Å². The molecular formula is C11H14N4O2. The van der Waals surface area contributed by atoms with Crippen molar-refractivity contribution >= 4 is 5.69 Å². The molecule has 2 rings (SSSR count). The molecule has 1 unspecified atom stereocenters. The van der Waals surface area contributed by atoms with E-state index in [0.717, 1.165) is 6.42 Å². The van der Waals surface area contributed by atoms with E-state index in [0.29, 0.717) is 23.1 Å². The third kappa shape index (κ3) is 2.42. The molecule has 1 atom stereocenters. The van der Waals surface area contributed by atoms with E-state index in [4.69, 9.17) is 15.0 Å². The van der Waals surface area contributed by atoms with Gasteiger partial charge in [-0.25, -0.2) is 4.98 Å². The van der Waals surface area contributed by atoms with Crippen molar-refractivity contribution in [2.75, 3.05) is 12.8 Å². The lowest BCUT2D eigenvalue weighted by molar-refractivity contribution is 0.0903. The average molecular weight is 234 g/mol. The number of hydrogen-bond acceptors (Lipinski definition) is 6. The number of methoxy groups -OCH3 is 1. The molecule has 6 heteroatoms. The maximum atomic E-state index is 5.55. The van der Waals surface area contributed by atoms with Crippen molar-refractivity contribution in [1.29, 1.82) is 0 Å². The first-order chi connectivity index (χ1) is 8.24. The van der Waals surface area contributed by atoms with Crippen LogP contribution in [0.15, 0.2) is 22.9 Å². The minimum Gasteiger partial charge on any atom is -0.397 e. The second kappa shape index (κ2) is 4.92. The molecule has 17 heavy (non-hydrogen) atoms. The minimum atomic E-state index is -0.152. The number of aromatic nitrogens is 3. The van der Waals surface area contributed by atoms with Crippen molar-refractivity contribution in [2.45, 2.75) is 19.4 Å². The summed E-state index contributed by atoms with van der Waals surface area (Å²) >= 11 is 0. The van der Waals surface area contributed by atoms with Crippen molar-refractivity contribution in [2.24, 2.45) is 0 Å². The van der Waals surface area contributed by atoms with E-state index in [1.807, 2.05) is 6.92 Å². The average Bonchev–Trinajstić information content (AvgIpc) is 2.81. The Hall–Kier alpha value is -1.95. The van der Waals surface area contributed by atoms with Crippen LogP contribution in [0.25, 0.3) is 11.6 Å². The van der Waals surface area contributed by atoms with E-state index in [-0.39, 0.29) is 6.10 Å². The first kappa shape index (κ1) is 11.5. The van der Waals surface area contributed by atoms with Gasteiger partial charge in [0.05, 0.1) is 11.9 Å². The molecule has 90 valence electrons. The van der Waals surface area contributed by atoms with E-state index >= 15 is 0 Å². The zero-order valence-corrected chi connectivity index (χ0v) is 9.75. The third-order valence-electron chi connectivity index (χ3n) is 2.39. The SMILES string of the molecule is CCC(OC)c1noc(-c2ccc(N)cn2)n1. The van der Waals surface area contributed by atoms with Crippen LogP contribution in [0.2, 0.25) is 0 Å². The van der Waals surface area contributed by atoms with Crippen LogP contribution in [-0.2, 0) is 4.74 Å². The maximum absolute atomic E-state index is 5.55. The van der Waals surface area contributed by atoms with Crippen molar-refractivity contribution in [3.63, 3.8) is 0 Å². The quantitative estimate of drug-likeness (QED) is 0.868. The Morgan fingerprint density at radius 3 is 2.88 bits per heavy atom.